The van der Waals surface area contributed by atoms with Gasteiger partial charge in [0.15, 0.2) is 5.78 Å². The van der Waals surface area contributed by atoms with Gasteiger partial charge < -0.3 is 15.1 Å². The fraction of sp³-hybridized carbons (Fsp3) is 0.567. The van der Waals surface area contributed by atoms with E-state index in [4.69, 9.17) is 0 Å². The zero-order valence-electron chi connectivity index (χ0n) is 23.5. The number of likely N-dealkylation sites (N-methyl/N-ethyl adjacent to an activating group) is 1. The van der Waals surface area contributed by atoms with Crippen LogP contribution in [0.25, 0.3) is 10.2 Å². The van der Waals surface area contributed by atoms with Crippen LogP contribution in [-0.4, -0.2) is 69.3 Å². The summed E-state index contributed by atoms with van der Waals surface area (Å²) in [4.78, 5) is 55.7. The molecule has 5 heterocycles. The van der Waals surface area contributed by atoms with Crippen LogP contribution in [0.1, 0.15) is 71.4 Å². The standard InChI is InChI=1S/C30H36N6O3S/c1-17-12-21(29(39)36-25(17)22(37)14-30(36)9-4-5-10-30)33-26-24-20-7-6-18(13-23(20)40-27(24)32-16-31-26)28(38)35-11-8-19(15-35)34(2)3/h12,16,18-19H,4-11,13-15H2,1-3H3,(H,31,32,33)/t18-,19-/m0/s1. The van der Waals surface area contributed by atoms with E-state index < -0.39 is 0 Å². The van der Waals surface area contributed by atoms with Crippen LogP contribution in [0.2, 0.25) is 0 Å². The lowest BCUT2D eigenvalue weighted by molar-refractivity contribution is -0.134. The highest BCUT2D eigenvalue weighted by atomic mass is 32.1. The van der Waals surface area contributed by atoms with Crippen LogP contribution in [0.15, 0.2) is 17.2 Å². The number of amides is 1. The molecule has 2 aliphatic heterocycles. The molecule has 4 aliphatic rings. The molecule has 1 saturated carbocycles. The maximum atomic E-state index is 13.9. The minimum absolute atomic E-state index is 0.00464. The van der Waals surface area contributed by atoms with Crippen LogP contribution < -0.4 is 10.9 Å². The van der Waals surface area contributed by atoms with Gasteiger partial charge in [-0.05, 0) is 76.7 Å². The summed E-state index contributed by atoms with van der Waals surface area (Å²) in [5.74, 6) is 0.973. The summed E-state index contributed by atoms with van der Waals surface area (Å²) in [5.41, 5.74) is 2.53. The fourth-order valence-electron chi connectivity index (χ4n) is 7.69. The van der Waals surface area contributed by atoms with E-state index in [1.54, 1.807) is 28.3 Å². The number of fused-ring (bicyclic) bond motifs is 5. The van der Waals surface area contributed by atoms with Crippen molar-refractivity contribution in [3.05, 3.63) is 44.4 Å². The summed E-state index contributed by atoms with van der Waals surface area (Å²) in [5, 5.41) is 4.32. The Morgan fingerprint density at radius 2 is 1.98 bits per heavy atom. The highest BCUT2D eigenvalue weighted by Crippen LogP contribution is 2.45. The summed E-state index contributed by atoms with van der Waals surface area (Å²) in [7, 11) is 4.17. The first kappa shape index (κ1) is 25.8. The second-order valence-corrected chi connectivity index (χ2v) is 13.5. The Morgan fingerprint density at radius 3 is 2.73 bits per heavy atom. The van der Waals surface area contributed by atoms with Crippen LogP contribution in [-0.2, 0) is 23.2 Å². The van der Waals surface area contributed by atoms with Crippen LogP contribution in [0, 0.1) is 12.8 Å². The zero-order valence-corrected chi connectivity index (χ0v) is 24.3. The quantitative estimate of drug-likeness (QED) is 0.514. The summed E-state index contributed by atoms with van der Waals surface area (Å²) in [6.07, 6.45) is 9.15. The third kappa shape index (κ3) is 3.94. The Hall–Kier alpha value is -3.11. The monoisotopic (exact) mass is 560 g/mol. The number of likely N-dealkylation sites (tertiary alicyclic amines) is 1. The normalized spacial score (nSPS) is 23.4. The van der Waals surface area contributed by atoms with Gasteiger partial charge in [-0.25, -0.2) is 9.97 Å². The summed E-state index contributed by atoms with van der Waals surface area (Å²) in [6, 6.07) is 2.24. The van der Waals surface area contributed by atoms with Crippen molar-refractivity contribution in [2.24, 2.45) is 5.92 Å². The summed E-state index contributed by atoms with van der Waals surface area (Å²) in [6.45, 7) is 3.56. The number of carbonyl (C=O) groups excluding carboxylic acids is 2. The second-order valence-electron chi connectivity index (χ2n) is 12.4. The maximum absolute atomic E-state index is 13.9. The van der Waals surface area contributed by atoms with Crippen LogP contribution in [0.3, 0.4) is 0 Å². The van der Waals surface area contributed by atoms with Crippen LogP contribution in [0.5, 0.6) is 0 Å². The molecule has 1 spiro atoms. The number of aromatic nitrogens is 3. The van der Waals surface area contributed by atoms with E-state index >= 15 is 0 Å². The van der Waals surface area contributed by atoms with Crippen molar-refractivity contribution < 1.29 is 9.59 Å². The number of hydrogen-bond acceptors (Lipinski definition) is 8. The Balaban J connectivity index is 1.20. The number of pyridine rings is 1. The van der Waals surface area contributed by atoms with E-state index in [0.29, 0.717) is 29.7 Å². The molecule has 0 unspecified atom stereocenters. The third-order valence-corrected chi connectivity index (χ3v) is 11.0. The third-order valence-electron chi connectivity index (χ3n) is 9.81. The molecule has 9 nitrogen and oxygen atoms in total. The molecule has 2 aliphatic carbocycles. The lowest BCUT2D eigenvalue weighted by atomic mass is 9.87. The number of ketones is 1. The number of thiophene rings is 1. The van der Waals surface area contributed by atoms with Crippen molar-refractivity contribution in [1.29, 1.82) is 0 Å². The van der Waals surface area contributed by atoms with Gasteiger partial charge in [0.25, 0.3) is 5.56 Å². The molecule has 0 radical (unpaired) electrons. The average Bonchev–Trinajstić information content (AvgIpc) is 3.72. The smallest absolute Gasteiger partial charge is 0.275 e. The largest absolute Gasteiger partial charge is 0.341 e. The molecule has 210 valence electrons. The number of aryl methyl sites for hydroxylation is 2. The predicted molar refractivity (Wildman–Crippen MR) is 156 cm³/mol. The molecule has 3 aromatic heterocycles. The number of nitrogens with zero attached hydrogens (tertiary/aromatic N) is 5. The topological polar surface area (TPSA) is 100 Å². The molecule has 2 fully saturated rings. The lowest BCUT2D eigenvalue weighted by Crippen LogP contribution is -2.39. The fourth-order valence-corrected chi connectivity index (χ4v) is 8.96. The van der Waals surface area contributed by atoms with Crippen molar-refractivity contribution in [1.82, 2.24) is 24.3 Å². The van der Waals surface area contributed by atoms with E-state index in [2.05, 4.69) is 34.3 Å². The zero-order chi connectivity index (χ0) is 27.8. The second kappa shape index (κ2) is 9.48. The molecule has 10 heteroatoms. The molecule has 3 aromatic rings. The number of carbonyl (C=O) groups is 2. The molecule has 1 amide bonds. The van der Waals surface area contributed by atoms with E-state index in [1.165, 1.54) is 10.4 Å². The van der Waals surface area contributed by atoms with Crippen LogP contribution >= 0.6 is 11.3 Å². The predicted octanol–water partition coefficient (Wildman–Crippen LogP) is 4.03. The number of Topliss-reactive ketones (excluding diaryl/α,β-unsaturated/α-hetero) is 1. The highest BCUT2D eigenvalue weighted by molar-refractivity contribution is 7.19. The molecule has 7 rings (SSSR count). The molecule has 1 N–H and O–H groups in total. The molecule has 1 saturated heterocycles. The molecule has 2 atom stereocenters. The Labute approximate surface area is 237 Å². The Bertz CT molecular complexity index is 1600. The first-order valence-corrected chi connectivity index (χ1v) is 15.4. The number of rotatable bonds is 4. The molecule has 0 bridgehead atoms. The minimum Gasteiger partial charge on any atom is -0.341 e. The lowest BCUT2D eigenvalue weighted by Gasteiger charge is -2.27. The van der Waals surface area contributed by atoms with Crippen molar-refractivity contribution in [3.8, 4) is 0 Å². The van der Waals surface area contributed by atoms with Gasteiger partial charge in [-0.15, -0.1) is 11.3 Å². The van der Waals surface area contributed by atoms with Gasteiger partial charge in [-0.3, -0.25) is 19.0 Å². The Morgan fingerprint density at radius 1 is 1.18 bits per heavy atom. The molecular formula is C30H36N6O3S. The summed E-state index contributed by atoms with van der Waals surface area (Å²) >= 11 is 1.64. The molecule has 0 aromatic carbocycles. The maximum Gasteiger partial charge on any atom is 0.275 e. The van der Waals surface area contributed by atoms with Gasteiger partial charge in [0.2, 0.25) is 5.91 Å². The number of anilines is 2. The van der Waals surface area contributed by atoms with E-state index in [0.717, 1.165) is 80.2 Å². The highest BCUT2D eigenvalue weighted by Gasteiger charge is 2.46. The average molecular weight is 561 g/mol. The van der Waals surface area contributed by atoms with E-state index in [9.17, 15) is 14.4 Å². The summed E-state index contributed by atoms with van der Waals surface area (Å²) < 4.78 is 1.80. The Kier molecular flexibility index (Phi) is 6.12. The van der Waals surface area contributed by atoms with E-state index in [1.807, 2.05) is 11.8 Å². The first-order chi connectivity index (χ1) is 19.3. The van der Waals surface area contributed by atoms with Crippen molar-refractivity contribution >= 4 is 44.7 Å². The molecular weight excluding hydrogens is 524 g/mol. The van der Waals surface area contributed by atoms with Crippen molar-refractivity contribution in [2.75, 3.05) is 32.5 Å². The number of hydrogen-bond donors (Lipinski definition) is 1. The van der Waals surface area contributed by atoms with Gasteiger partial charge in [0, 0.05) is 36.3 Å². The minimum atomic E-state index is -0.377. The van der Waals surface area contributed by atoms with Gasteiger partial charge in [-0.1, -0.05) is 12.8 Å². The van der Waals surface area contributed by atoms with Gasteiger partial charge in [0.05, 0.1) is 16.6 Å². The molecule has 40 heavy (non-hydrogen) atoms. The van der Waals surface area contributed by atoms with E-state index in [-0.39, 0.29) is 28.7 Å². The van der Waals surface area contributed by atoms with Gasteiger partial charge in [0.1, 0.15) is 22.7 Å². The van der Waals surface area contributed by atoms with Gasteiger partial charge >= 0.3 is 0 Å². The van der Waals surface area contributed by atoms with Crippen molar-refractivity contribution in [2.45, 2.75) is 76.3 Å². The SMILES string of the molecule is Cc1cc(Nc2ncnc3sc4c(c23)CC[C@H](C(=O)N2CC[C@H](N(C)C)C2)C4)c(=O)n2c1C(=O)CC21CCCC1. The van der Waals surface area contributed by atoms with Gasteiger partial charge in [-0.2, -0.15) is 0 Å². The van der Waals surface area contributed by atoms with Crippen molar-refractivity contribution in [3.63, 3.8) is 0 Å². The number of nitrogens with one attached hydrogen (secondary N) is 1. The van der Waals surface area contributed by atoms with Crippen LogP contribution in [0.4, 0.5) is 11.5 Å². The first-order valence-electron chi connectivity index (χ1n) is 14.5.